The number of phenols is 1. The van der Waals surface area contributed by atoms with Crippen molar-refractivity contribution in [1.29, 1.82) is 0 Å². The number of phenolic OH excluding ortho intramolecular Hbond substituents is 1. The average molecular weight is 349 g/mol. The maximum atomic E-state index is 10.6. The van der Waals surface area contributed by atoms with Gasteiger partial charge in [-0.3, -0.25) is 4.57 Å². The molecule has 3 N–H and O–H groups in total. The van der Waals surface area contributed by atoms with Crippen LogP contribution in [0.3, 0.4) is 0 Å². The fraction of sp³-hybridized carbons (Fsp3) is 0.318. The highest BCUT2D eigenvalue weighted by Gasteiger charge is 2.18. The summed E-state index contributed by atoms with van der Waals surface area (Å²) in [6.07, 6.45) is 4.51. The number of rotatable bonds is 5. The molecule has 4 nitrogen and oxygen atoms in total. The first-order valence-corrected chi connectivity index (χ1v) is 9.28. The molecule has 0 bridgehead atoms. The highest BCUT2D eigenvalue weighted by Crippen LogP contribution is 2.36. The molecule has 0 spiro atoms. The molecule has 0 aliphatic heterocycles. The van der Waals surface area contributed by atoms with E-state index in [1.165, 1.54) is 16.7 Å². The number of nitrogens with two attached hydrogens (primary N) is 1. The highest BCUT2D eigenvalue weighted by molar-refractivity contribution is 5.73. The van der Waals surface area contributed by atoms with Crippen molar-refractivity contribution in [3.63, 3.8) is 0 Å². The third-order valence-corrected chi connectivity index (χ3v) is 5.08. The molecule has 0 amide bonds. The summed E-state index contributed by atoms with van der Waals surface area (Å²) in [6.45, 7) is 8.42. The molecule has 0 aliphatic carbocycles. The largest absolute Gasteiger partial charge is 0.507 e. The van der Waals surface area contributed by atoms with Crippen LogP contribution in [0.1, 0.15) is 43.0 Å². The predicted molar refractivity (Wildman–Crippen MR) is 108 cm³/mol. The Morgan fingerprint density at radius 3 is 2.38 bits per heavy atom. The smallest absolute Gasteiger partial charge is 0.205 e. The minimum Gasteiger partial charge on any atom is -0.507 e. The Bertz CT molecular complexity index is 941. The van der Waals surface area contributed by atoms with Crippen LogP contribution >= 0.6 is 0 Å². The first-order chi connectivity index (χ1) is 12.5. The predicted octanol–water partition coefficient (Wildman–Crippen LogP) is 4.82. The van der Waals surface area contributed by atoms with Gasteiger partial charge in [0.05, 0.1) is 17.6 Å². The van der Waals surface area contributed by atoms with Gasteiger partial charge in [-0.05, 0) is 66.6 Å². The molecule has 1 heterocycles. The van der Waals surface area contributed by atoms with Crippen molar-refractivity contribution in [3.05, 3.63) is 58.8 Å². The highest BCUT2D eigenvalue weighted by atomic mass is 16.3. The van der Waals surface area contributed by atoms with Crippen LogP contribution in [0.15, 0.2) is 36.5 Å². The topological polar surface area (TPSA) is 64.1 Å². The van der Waals surface area contributed by atoms with Crippen molar-refractivity contribution in [1.82, 2.24) is 9.55 Å². The van der Waals surface area contributed by atoms with Crippen molar-refractivity contribution in [3.8, 4) is 22.7 Å². The minimum atomic E-state index is 0.255. The van der Waals surface area contributed by atoms with Crippen LogP contribution in [-0.2, 0) is 19.3 Å². The zero-order chi connectivity index (χ0) is 18.8. The van der Waals surface area contributed by atoms with Gasteiger partial charge in [-0.25, -0.2) is 4.98 Å². The number of imidazole rings is 1. The summed E-state index contributed by atoms with van der Waals surface area (Å²) < 4.78 is 1.96. The molecule has 2 aromatic carbocycles. The van der Waals surface area contributed by atoms with E-state index < -0.39 is 0 Å². The monoisotopic (exact) mass is 349 g/mol. The van der Waals surface area contributed by atoms with Crippen LogP contribution in [0.25, 0.3) is 16.9 Å². The summed E-state index contributed by atoms with van der Waals surface area (Å²) in [7, 11) is 0. The lowest BCUT2D eigenvalue weighted by Crippen LogP contribution is -2.06. The number of aryl methyl sites for hydroxylation is 4. The van der Waals surface area contributed by atoms with Crippen LogP contribution in [0.2, 0.25) is 0 Å². The second-order valence-corrected chi connectivity index (χ2v) is 6.66. The number of anilines is 1. The van der Waals surface area contributed by atoms with Crippen LogP contribution < -0.4 is 5.73 Å². The van der Waals surface area contributed by atoms with Crippen molar-refractivity contribution >= 4 is 5.95 Å². The lowest BCUT2D eigenvalue weighted by Gasteiger charge is -2.17. The summed E-state index contributed by atoms with van der Waals surface area (Å²) in [5, 5.41) is 10.6. The minimum absolute atomic E-state index is 0.255. The van der Waals surface area contributed by atoms with Crippen LogP contribution in [0.5, 0.6) is 5.75 Å². The van der Waals surface area contributed by atoms with E-state index >= 15 is 0 Å². The van der Waals surface area contributed by atoms with Crippen molar-refractivity contribution in [2.75, 3.05) is 5.73 Å². The van der Waals surface area contributed by atoms with Crippen molar-refractivity contribution < 1.29 is 5.11 Å². The lowest BCUT2D eigenvalue weighted by molar-refractivity contribution is 0.476. The van der Waals surface area contributed by atoms with Crippen LogP contribution in [-0.4, -0.2) is 14.7 Å². The average Bonchev–Trinajstić information content (AvgIpc) is 3.02. The summed E-state index contributed by atoms with van der Waals surface area (Å²) in [5.41, 5.74) is 13.6. The summed E-state index contributed by atoms with van der Waals surface area (Å²) in [4.78, 5) is 4.35. The molecule has 0 radical (unpaired) electrons. The Hall–Kier alpha value is -2.75. The zero-order valence-corrected chi connectivity index (χ0v) is 16.0. The number of nitrogen functional groups attached to an aromatic ring is 1. The first-order valence-electron chi connectivity index (χ1n) is 9.28. The first kappa shape index (κ1) is 18.1. The SMILES string of the molecule is CCc1ccc(CC)c(-n2c(-c3cc(CC)c(C)cc3O)cnc2N)c1. The van der Waals surface area contributed by atoms with E-state index in [1.807, 2.05) is 23.6 Å². The van der Waals surface area contributed by atoms with E-state index in [4.69, 9.17) is 5.73 Å². The molecule has 0 saturated heterocycles. The third-order valence-electron chi connectivity index (χ3n) is 5.08. The quantitative estimate of drug-likeness (QED) is 0.694. The van der Waals surface area contributed by atoms with E-state index in [0.29, 0.717) is 5.95 Å². The fourth-order valence-corrected chi connectivity index (χ4v) is 3.47. The standard InChI is InChI=1S/C22H27N3O/c1-5-15-8-9-16(6-2)19(11-15)25-20(13-24-22(25)23)18-12-17(7-3)14(4)10-21(18)26/h8-13,26H,5-7H2,1-4H3,(H2,23,24). The number of hydrogen-bond acceptors (Lipinski definition) is 3. The molecule has 0 aliphatic rings. The number of aromatic nitrogens is 2. The van der Waals surface area contributed by atoms with Gasteiger partial charge in [-0.15, -0.1) is 0 Å². The van der Waals surface area contributed by atoms with Gasteiger partial charge in [-0.2, -0.15) is 0 Å². The van der Waals surface area contributed by atoms with Gasteiger partial charge in [0.15, 0.2) is 0 Å². The molecule has 26 heavy (non-hydrogen) atoms. The molecule has 0 unspecified atom stereocenters. The Balaban J connectivity index is 2.27. The van der Waals surface area contributed by atoms with Gasteiger partial charge in [-0.1, -0.05) is 32.9 Å². The molecule has 136 valence electrons. The molecular formula is C22H27N3O. The Morgan fingerprint density at radius 1 is 1.00 bits per heavy atom. The normalized spacial score (nSPS) is 11.1. The Morgan fingerprint density at radius 2 is 1.73 bits per heavy atom. The molecule has 3 aromatic rings. The molecule has 1 aromatic heterocycles. The maximum Gasteiger partial charge on any atom is 0.205 e. The van der Waals surface area contributed by atoms with Crippen LogP contribution in [0, 0.1) is 6.92 Å². The third kappa shape index (κ3) is 3.07. The van der Waals surface area contributed by atoms with E-state index in [1.54, 1.807) is 6.20 Å². The summed E-state index contributed by atoms with van der Waals surface area (Å²) >= 11 is 0. The van der Waals surface area contributed by atoms with E-state index in [-0.39, 0.29) is 5.75 Å². The Labute approximate surface area is 155 Å². The van der Waals surface area contributed by atoms with Gasteiger partial charge in [0.2, 0.25) is 5.95 Å². The summed E-state index contributed by atoms with van der Waals surface area (Å²) in [6, 6.07) is 10.4. The van der Waals surface area contributed by atoms with Gasteiger partial charge in [0.25, 0.3) is 0 Å². The van der Waals surface area contributed by atoms with E-state index in [2.05, 4.69) is 44.0 Å². The molecule has 4 heteroatoms. The fourth-order valence-electron chi connectivity index (χ4n) is 3.47. The van der Waals surface area contributed by atoms with Crippen molar-refractivity contribution in [2.24, 2.45) is 0 Å². The molecule has 0 atom stereocenters. The lowest BCUT2D eigenvalue weighted by atomic mass is 9.99. The van der Waals surface area contributed by atoms with Gasteiger partial charge < -0.3 is 10.8 Å². The van der Waals surface area contributed by atoms with Gasteiger partial charge >= 0.3 is 0 Å². The van der Waals surface area contributed by atoms with Crippen molar-refractivity contribution in [2.45, 2.75) is 47.0 Å². The maximum absolute atomic E-state index is 10.6. The second kappa shape index (κ2) is 7.24. The number of benzene rings is 2. The number of nitrogens with zero attached hydrogens (tertiary/aromatic N) is 2. The van der Waals surface area contributed by atoms with E-state index in [0.717, 1.165) is 41.8 Å². The van der Waals surface area contributed by atoms with Gasteiger partial charge in [0.1, 0.15) is 5.75 Å². The second-order valence-electron chi connectivity index (χ2n) is 6.66. The molecule has 0 saturated carbocycles. The Kier molecular flexibility index (Phi) is 5.03. The summed E-state index contributed by atoms with van der Waals surface area (Å²) in [5.74, 6) is 0.687. The zero-order valence-electron chi connectivity index (χ0n) is 16.0. The molecular weight excluding hydrogens is 322 g/mol. The number of hydrogen-bond donors (Lipinski definition) is 2. The van der Waals surface area contributed by atoms with Gasteiger partial charge in [0, 0.05) is 5.56 Å². The van der Waals surface area contributed by atoms with Crippen LogP contribution in [0.4, 0.5) is 5.95 Å². The van der Waals surface area contributed by atoms with E-state index in [9.17, 15) is 5.11 Å². The number of aromatic hydroxyl groups is 1. The molecule has 3 rings (SSSR count). The molecule has 0 fully saturated rings.